The summed E-state index contributed by atoms with van der Waals surface area (Å²) < 4.78 is 0. The maximum absolute atomic E-state index is 10.9. The molecule has 0 aliphatic rings. The number of carbonyl (C=O) groups is 1. The fourth-order valence-electron chi connectivity index (χ4n) is 1.27. The van der Waals surface area contributed by atoms with E-state index in [2.05, 4.69) is 9.98 Å². The number of nitrogens with zero attached hydrogens (tertiary/aromatic N) is 2. The zero-order valence-corrected chi connectivity index (χ0v) is 10.8. The van der Waals surface area contributed by atoms with Gasteiger partial charge in [-0.2, -0.15) is 4.99 Å². The van der Waals surface area contributed by atoms with E-state index in [0.717, 1.165) is 5.56 Å². The predicted octanol–water partition coefficient (Wildman–Crippen LogP) is 0.460. The Balaban J connectivity index is 0.00000289. The molecule has 0 unspecified atom stereocenters. The molecule has 1 rings (SSSR count). The largest absolute Gasteiger partial charge is 0.370 e. The lowest BCUT2D eigenvalue weighted by atomic mass is 10.1. The van der Waals surface area contributed by atoms with Crippen LogP contribution in [0.15, 0.2) is 34.3 Å². The summed E-state index contributed by atoms with van der Waals surface area (Å²) in [4.78, 5) is 18.5. The number of halogens is 1. The topological polar surface area (TPSA) is 120 Å². The molecular formula is C11H16ClN5O. The van der Waals surface area contributed by atoms with Gasteiger partial charge in [0.1, 0.15) is 5.78 Å². The Labute approximate surface area is 111 Å². The Morgan fingerprint density at radius 2 is 1.72 bits per heavy atom. The first-order chi connectivity index (χ1) is 7.97. The Bertz CT molecular complexity index is 463. The van der Waals surface area contributed by atoms with E-state index in [4.69, 9.17) is 17.2 Å². The molecule has 0 aromatic heterocycles. The molecule has 0 heterocycles. The van der Waals surface area contributed by atoms with Gasteiger partial charge in [0.2, 0.25) is 5.96 Å². The summed E-state index contributed by atoms with van der Waals surface area (Å²) >= 11 is 0. The number of aliphatic imine (C=N–C) groups is 2. The summed E-state index contributed by atoms with van der Waals surface area (Å²) in [6.07, 6.45) is 0.410. The molecule has 7 heteroatoms. The van der Waals surface area contributed by atoms with Crippen LogP contribution in [-0.4, -0.2) is 17.7 Å². The molecule has 0 bridgehead atoms. The molecule has 0 radical (unpaired) electrons. The molecule has 0 saturated heterocycles. The van der Waals surface area contributed by atoms with E-state index >= 15 is 0 Å². The SMILES string of the molecule is CC(=O)Cc1ccc(N=C(N)N=C(N)N)cc1.Cl. The molecule has 18 heavy (non-hydrogen) atoms. The Hall–Kier alpha value is -2.08. The zero-order valence-electron chi connectivity index (χ0n) is 9.96. The molecule has 0 saturated carbocycles. The van der Waals surface area contributed by atoms with Crippen molar-refractivity contribution in [2.45, 2.75) is 13.3 Å². The average molecular weight is 270 g/mol. The number of benzene rings is 1. The van der Waals surface area contributed by atoms with E-state index in [9.17, 15) is 4.79 Å². The first-order valence-corrected chi connectivity index (χ1v) is 4.99. The first kappa shape index (κ1) is 15.9. The monoisotopic (exact) mass is 269 g/mol. The van der Waals surface area contributed by atoms with Gasteiger partial charge < -0.3 is 17.2 Å². The summed E-state index contributed by atoms with van der Waals surface area (Å²) in [6, 6.07) is 7.10. The van der Waals surface area contributed by atoms with Gasteiger partial charge in [-0.25, -0.2) is 4.99 Å². The van der Waals surface area contributed by atoms with Crippen molar-refractivity contribution >= 4 is 35.8 Å². The minimum atomic E-state index is -0.139. The summed E-state index contributed by atoms with van der Waals surface area (Å²) in [5.74, 6) is -0.0370. The van der Waals surface area contributed by atoms with Crippen molar-refractivity contribution in [2.75, 3.05) is 0 Å². The molecule has 0 atom stereocenters. The molecule has 6 N–H and O–H groups in total. The van der Waals surface area contributed by atoms with Crippen LogP contribution in [0, 0.1) is 0 Å². The molecular weight excluding hydrogens is 254 g/mol. The highest BCUT2D eigenvalue weighted by Gasteiger charge is 1.98. The van der Waals surface area contributed by atoms with Gasteiger partial charge in [-0.05, 0) is 24.6 Å². The van der Waals surface area contributed by atoms with E-state index in [1.54, 1.807) is 19.1 Å². The summed E-state index contributed by atoms with van der Waals surface area (Å²) in [6.45, 7) is 1.54. The molecule has 1 aromatic carbocycles. The van der Waals surface area contributed by atoms with Gasteiger partial charge in [0.25, 0.3) is 0 Å². The minimum Gasteiger partial charge on any atom is -0.370 e. The molecule has 1 aromatic rings. The van der Waals surface area contributed by atoms with Crippen LogP contribution in [0.2, 0.25) is 0 Å². The molecule has 0 amide bonds. The number of Topliss-reactive ketones (excluding diaryl/α,β-unsaturated/α-hetero) is 1. The van der Waals surface area contributed by atoms with Crippen molar-refractivity contribution in [2.24, 2.45) is 27.2 Å². The van der Waals surface area contributed by atoms with E-state index < -0.39 is 0 Å². The van der Waals surface area contributed by atoms with Crippen LogP contribution in [-0.2, 0) is 11.2 Å². The zero-order chi connectivity index (χ0) is 12.8. The van der Waals surface area contributed by atoms with Crippen LogP contribution < -0.4 is 17.2 Å². The molecule has 6 nitrogen and oxygen atoms in total. The summed E-state index contributed by atoms with van der Waals surface area (Å²) in [5.41, 5.74) is 17.3. The van der Waals surface area contributed by atoms with E-state index in [0.29, 0.717) is 12.1 Å². The Morgan fingerprint density at radius 3 is 2.17 bits per heavy atom. The van der Waals surface area contributed by atoms with Gasteiger partial charge in [-0.1, -0.05) is 12.1 Å². The Morgan fingerprint density at radius 1 is 1.17 bits per heavy atom. The minimum absolute atomic E-state index is 0. The van der Waals surface area contributed by atoms with Gasteiger partial charge in [-0.3, -0.25) is 4.79 Å². The maximum Gasteiger partial charge on any atom is 0.223 e. The highest BCUT2D eigenvalue weighted by molar-refractivity contribution is 5.93. The predicted molar refractivity (Wildman–Crippen MR) is 75.2 cm³/mol. The molecule has 0 spiro atoms. The number of hydrogen-bond donors (Lipinski definition) is 3. The number of rotatable bonds is 3. The van der Waals surface area contributed by atoms with Crippen molar-refractivity contribution in [1.82, 2.24) is 0 Å². The van der Waals surface area contributed by atoms with Crippen LogP contribution >= 0.6 is 12.4 Å². The third kappa shape index (κ3) is 5.86. The lowest BCUT2D eigenvalue weighted by Crippen LogP contribution is -2.26. The lowest BCUT2D eigenvalue weighted by molar-refractivity contribution is -0.116. The first-order valence-electron chi connectivity index (χ1n) is 4.99. The van der Waals surface area contributed by atoms with E-state index in [1.165, 1.54) is 0 Å². The van der Waals surface area contributed by atoms with Crippen molar-refractivity contribution in [3.05, 3.63) is 29.8 Å². The second-order valence-corrected chi connectivity index (χ2v) is 3.55. The molecule has 0 aliphatic carbocycles. The third-order valence-electron chi connectivity index (χ3n) is 1.88. The van der Waals surface area contributed by atoms with Crippen LogP contribution in [0.5, 0.6) is 0 Å². The number of nitrogens with two attached hydrogens (primary N) is 3. The van der Waals surface area contributed by atoms with Crippen molar-refractivity contribution < 1.29 is 4.79 Å². The van der Waals surface area contributed by atoms with Crippen LogP contribution in [0.4, 0.5) is 5.69 Å². The summed E-state index contributed by atoms with van der Waals surface area (Å²) in [5, 5.41) is 0. The van der Waals surface area contributed by atoms with Crippen molar-refractivity contribution in [3.63, 3.8) is 0 Å². The van der Waals surface area contributed by atoms with Gasteiger partial charge >= 0.3 is 0 Å². The van der Waals surface area contributed by atoms with E-state index in [-0.39, 0.29) is 30.1 Å². The highest BCUT2D eigenvalue weighted by Crippen LogP contribution is 2.13. The number of carbonyl (C=O) groups excluding carboxylic acids is 1. The van der Waals surface area contributed by atoms with Crippen LogP contribution in [0.3, 0.4) is 0 Å². The summed E-state index contributed by atoms with van der Waals surface area (Å²) in [7, 11) is 0. The normalized spacial score (nSPS) is 10.4. The second-order valence-electron chi connectivity index (χ2n) is 3.55. The number of hydrogen-bond acceptors (Lipinski definition) is 2. The fraction of sp³-hybridized carbons (Fsp3) is 0.182. The molecule has 98 valence electrons. The number of ketones is 1. The van der Waals surface area contributed by atoms with Crippen molar-refractivity contribution in [1.29, 1.82) is 0 Å². The van der Waals surface area contributed by atoms with Gasteiger partial charge in [-0.15, -0.1) is 12.4 Å². The lowest BCUT2D eigenvalue weighted by Gasteiger charge is -1.99. The quantitative estimate of drug-likeness (QED) is 0.545. The van der Waals surface area contributed by atoms with Crippen LogP contribution in [0.1, 0.15) is 12.5 Å². The number of guanidine groups is 2. The third-order valence-corrected chi connectivity index (χ3v) is 1.88. The van der Waals surface area contributed by atoms with Crippen molar-refractivity contribution in [3.8, 4) is 0 Å². The Kier molecular flexibility index (Phi) is 6.44. The van der Waals surface area contributed by atoms with Gasteiger partial charge in [0.05, 0.1) is 5.69 Å². The standard InChI is InChI=1S/C11H15N5O.ClH/c1-7(17)6-8-2-4-9(5-3-8)15-11(14)16-10(12)13;/h2-5H,6H2,1H3,(H6,12,13,14,15,16);1H. The second kappa shape index (κ2) is 7.29. The fourth-order valence-corrected chi connectivity index (χ4v) is 1.27. The van der Waals surface area contributed by atoms with Crippen LogP contribution in [0.25, 0.3) is 0 Å². The highest BCUT2D eigenvalue weighted by atomic mass is 35.5. The molecule has 0 fully saturated rings. The van der Waals surface area contributed by atoms with Gasteiger partial charge in [0.15, 0.2) is 5.96 Å². The molecule has 0 aliphatic heterocycles. The van der Waals surface area contributed by atoms with Gasteiger partial charge in [0, 0.05) is 6.42 Å². The smallest absolute Gasteiger partial charge is 0.223 e. The van der Waals surface area contributed by atoms with E-state index in [1.807, 2.05) is 12.1 Å². The average Bonchev–Trinajstić information content (AvgIpc) is 2.18. The maximum atomic E-state index is 10.9.